The lowest BCUT2D eigenvalue weighted by molar-refractivity contribution is -0.121. The Balaban J connectivity index is 1.39. The average Bonchev–Trinajstić information content (AvgIpc) is 3.21. The van der Waals surface area contributed by atoms with Crippen LogP contribution in [0.15, 0.2) is 4.79 Å². The number of aliphatic hydroxyl groups excluding tert-OH is 1. The number of nitrogens with one attached hydrogen (secondary N) is 2. The van der Waals surface area contributed by atoms with Gasteiger partial charge in [0.05, 0.1) is 11.5 Å². The van der Waals surface area contributed by atoms with E-state index in [2.05, 4.69) is 15.3 Å². The fourth-order valence-corrected chi connectivity index (χ4v) is 5.43. The third-order valence-corrected chi connectivity index (χ3v) is 6.83. The van der Waals surface area contributed by atoms with E-state index in [0.29, 0.717) is 25.2 Å². The molecule has 0 aliphatic heterocycles. The number of rotatable bonds is 5. The number of aromatic amines is 1. The monoisotopic (exact) mass is 375 g/mol. The van der Waals surface area contributed by atoms with Crippen molar-refractivity contribution in [2.45, 2.75) is 63.9 Å². The lowest BCUT2D eigenvalue weighted by atomic mass is 9.97. The van der Waals surface area contributed by atoms with Crippen LogP contribution in [0.25, 0.3) is 10.2 Å². The first-order chi connectivity index (χ1) is 12.6. The van der Waals surface area contributed by atoms with Crippen LogP contribution in [-0.2, 0) is 24.1 Å². The first kappa shape index (κ1) is 17.7. The van der Waals surface area contributed by atoms with Gasteiger partial charge in [0.15, 0.2) is 0 Å². The standard InChI is InChI=1S/C19H25N3O3S/c23-13-6-3-4-11(13)10-20-16(24)9-8-15-21-18(25)17-12-5-1-2-7-14(12)26-19(17)22-15/h11,13,23H,1-10H2,(H,20,24)(H,21,22,25). The number of hydrogen-bond acceptors (Lipinski definition) is 5. The summed E-state index contributed by atoms with van der Waals surface area (Å²) < 4.78 is 0. The molecule has 2 aliphatic carbocycles. The zero-order valence-corrected chi connectivity index (χ0v) is 15.7. The van der Waals surface area contributed by atoms with E-state index in [-0.39, 0.29) is 23.5 Å². The van der Waals surface area contributed by atoms with Crippen molar-refractivity contribution in [3.05, 3.63) is 26.6 Å². The molecule has 0 spiro atoms. The van der Waals surface area contributed by atoms with E-state index < -0.39 is 0 Å². The summed E-state index contributed by atoms with van der Waals surface area (Å²) in [6.07, 6.45) is 7.58. The second-order valence-electron chi connectivity index (χ2n) is 7.47. The highest BCUT2D eigenvalue weighted by Crippen LogP contribution is 2.33. The van der Waals surface area contributed by atoms with Crippen LogP contribution in [0.3, 0.4) is 0 Å². The van der Waals surface area contributed by atoms with E-state index in [4.69, 9.17) is 0 Å². The molecule has 0 bridgehead atoms. The van der Waals surface area contributed by atoms with Crippen LogP contribution in [0, 0.1) is 5.92 Å². The Kier molecular flexibility index (Phi) is 5.09. The molecule has 2 aromatic heterocycles. The van der Waals surface area contributed by atoms with Crippen molar-refractivity contribution in [3.63, 3.8) is 0 Å². The maximum absolute atomic E-state index is 12.5. The van der Waals surface area contributed by atoms with E-state index >= 15 is 0 Å². The number of nitrogens with zero attached hydrogens (tertiary/aromatic N) is 1. The van der Waals surface area contributed by atoms with Gasteiger partial charge < -0.3 is 15.4 Å². The molecule has 7 heteroatoms. The summed E-state index contributed by atoms with van der Waals surface area (Å²) in [5.74, 6) is 0.695. The van der Waals surface area contributed by atoms with E-state index in [1.807, 2.05) is 0 Å². The SMILES string of the molecule is O=C(CCc1nc2sc3c(c2c(=O)[nH]1)CCCC3)NCC1CCCC1O. The van der Waals surface area contributed by atoms with Gasteiger partial charge in [-0.1, -0.05) is 6.42 Å². The first-order valence-corrected chi connectivity index (χ1v) is 10.4. The fourth-order valence-electron chi connectivity index (χ4n) is 4.15. The van der Waals surface area contributed by atoms with Crippen LogP contribution in [-0.4, -0.2) is 33.6 Å². The van der Waals surface area contributed by atoms with Crippen LogP contribution in [0.1, 0.15) is 54.8 Å². The van der Waals surface area contributed by atoms with Gasteiger partial charge in [-0.25, -0.2) is 4.98 Å². The number of H-pyrrole nitrogens is 1. The Bertz CT molecular complexity index is 873. The van der Waals surface area contributed by atoms with Gasteiger partial charge in [0.1, 0.15) is 10.7 Å². The van der Waals surface area contributed by atoms with Crippen molar-refractivity contribution < 1.29 is 9.90 Å². The molecule has 1 saturated carbocycles. The molecule has 0 radical (unpaired) electrons. The quantitative estimate of drug-likeness (QED) is 0.746. The number of thiophene rings is 1. The highest BCUT2D eigenvalue weighted by molar-refractivity contribution is 7.18. The number of aromatic nitrogens is 2. The van der Waals surface area contributed by atoms with Crippen LogP contribution in [0.5, 0.6) is 0 Å². The molecule has 0 aromatic carbocycles. The highest BCUT2D eigenvalue weighted by atomic mass is 32.1. The zero-order chi connectivity index (χ0) is 18.1. The molecule has 3 N–H and O–H groups in total. The number of carbonyl (C=O) groups excluding carboxylic acids is 1. The van der Waals surface area contributed by atoms with Crippen LogP contribution < -0.4 is 10.9 Å². The Morgan fingerprint density at radius 1 is 1.27 bits per heavy atom. The largest absolute Gasteiger partial charge is 0.393 e. The summed E-state index contributed by atoms with van der Waals surface area (Å²) in [7, 11) is 0. The molecule has 1 amide bonds. The lowest BCUT2D eigenvalue weighted by Crippen LogP contribution is -2.32. The van der Waals surface area contributed by atoms with E-state index in [1.165, 1.54) is 16.9 Å². The maximum Gasteiger partial charge on any atom is 0.259 e. The van der Waals surface area contributed by atoms with Gasteiger partial charge in [0.2, 0.25) is 5.91 Å². The van der Waals surface area contributed by atoms with E-state index in [9.17, 15) is 14.7 Å². The Morgan fingerprint density at radius 3 is 2.92 bits per heavy atom. The molecule has 2 unspecified atom stereocenters. The summed E-state index contributed by atoms with van der Waals surface area (Å²) in [4.78, 5) is 34.2. The summed E-state index contributed by atoms with van der Waals surface area (Å²) in [5.41, 5.74) is 1.11. The van der Waals surface area contributed by atoms with Gasteiger partial charge >= 0.3 is 0 Å². The normalized spacial score (nSPS) is 22.5. The van der Waals surface area contributed by atoms with Crippen molar-refractivity contribution >= 4 is 27.5 Å². The zero-order valence-electron chi connectivity index (χ0n) is 14.8. The molecule has 140 valence electrons. The molecule has 0 saturated heterocycles. The van der Waals surface area contributed by atoms with Crippen molar-refractivity contribution in [2.75, 3.05) is 6.54 Å². The molecule has 2 aromatic rings. The molecule has 2 atom stereocenters. The van der Waals surface area contributed by atoms with Crippen LogP contribution in [0.2, 0.25) is 0 Å². The maximum atomic E-state index is 12.5. The summed E-state index contributed by atoms with van der Waals surface area (Å²) in [6, 6.07) is 0. The second kappa shape index (κ2) is 7.48. The molecule has 2 heterocycles. The minimum atomic E-state index is -0.291. The topological polar surface area (TPSA) is 95.1 Å². The molecular formula is C19H25N3O3S. The molecule has 26 heavy (non-hydrogen) atoms. The smallest absolute Gasteiger partial charge is 0.259 e. The van der Waals surface area contributed by atoms with Crippen LogP contribution in [0.4, 0.5) is 0 Å². The second-order valence-corrected chi connectivity index (χ2v) is 8.55. The molecular weight excluding hydrogens is 350 g/mol. The van der Waals surface area contributed by atoms with E-state index in [0.717, 1.165) is 48.7 Å². The first-order valence-electron chi connectivity index (χ1n) is 9.60. The van der Waals surface area contributed by atoms with Crippen LogP contribution >= 0.6 is 11.3 Å². The van der Waals surface area contributed by atoms with Gasteiger partial charge in [-0.15, -0.1) is 11.3 Å². The number of amides is 1. The van der Waals surface area contributed by atoms with Crippen molar-refractivity contribution in [1.82, 2.24) is 15.3 Å². The average molecular weight is 375 g/mol. The fraction of sp³-hybridized carbons (Fsp3) is 0.632. The number of aliphatic hydroxyl groups is 1. The van der Waals surface area contributed by atoms with Crippen molar-refractivity contribution in [2.24, 2.45) is 5.92 Å². The van der Waals surface area contributed by atoms with Gasteiger partial charge in [-0.05, 0) is 44.1 Å². The summed E-state index contributed by atoms with van der Waals surface area (Å²) in [6.45, 7) is 0.528. The Morgan fingerprint density at radius 2 is 2.12 bits per heavy atom. The summed E-state index contributed by atoms with van der Waals surface area (Å²) >= 11 is 1.63. The highest BCUT2D eigenvalue weighted by Gasteiger charge is 2.25. The Labute approximate surface area is 156 Å². The van der Waals surface area contributed by atoms with E-state index in [1.54, 1.807) is 11.3 Å². The minimum absolute atomic E-state index is 0.0580. The predicted molar refractivity (Wildman–Crippen MR) is 102 cm³/mol. The predicted octanol–water partition coefficient (Wildman–Crippen LogP) is 2.07. The number of aryl methyl sites for hydroxylation is 3. The number of fused-ring (bicyclic) bond motifs is 3. The van der Waals surface area contributed by atoms with Gasteiger partial charge in [0, 0.05) is 30.2 Å². The Hall–Kier alpha value is -1.73. The van der Waals surface area contributed by atoms with Gasteiger partial charge in [-0.3, -0.25) is 9.59 Å². The summed E-state index contributed by atoms with van der Waals surface area (Å²) in [5, 5.41) is 13.5. The van der Waals surface area contributed by atoms with Crippen molar-refractivity contribution in [1.29, 1.82) is 0 Å². The third kappa shape index (κ3) is 3.55. The third-order valence-electron chi connectivity index (χ3n) is 5.64. The number of carbonyl (C=O) groups is 1. The molecule has 1 fully saturated rings. The lowest BCUT2D eigenvalue weighted by Gasteiger charge is -2.14. The van der Waals surface area contributed by atoms with Gasteiger partial charge in [0.25, 0.3) is 5.56 Å². The van der Waals surface area contributed by atoms with Crippen molar-refractivity contribution in [3.8, 4) is 0 Å². The minimum Gasteiger partial charge on any atom is -0.393 e. The number of hydrogen-bond donors (Lipinski definition) is 3. The molecule has 2 aliphatic rings. The van der Waals surface area contributed by atoms with Gasteiger partial charge in [-0.2, -0.15) is 0 Å². The molecule has 4 rings (SSSR count). The molecule has 6 nitrogen and oxygen atoms in total.